The van der Waals surface area contributed by atoms with Crippen molar-refractivity contribution in [1.29, 1.82) is 0 Å². The van der Waals surface area contributed by atoms with Crippen molar-refractivity contribution in [2.75, 3.05) is 19.7 Å². The standard InChI is InChI=1S/C16H26N2O2/c1-2-19-15-5-7-18(8-6-15)11-16-9-13(12-20-16)10-17-14-3-4-14/h9,12,14-15,17H,2-8,10-11H2,1H3. The summed E-state index contributed by atoms with van der Waals surface area (Å²) in [5.74, 6) is 1.09. The number of hydrogen-bond donors (Lipinski definition) is 1. The van der Waals surface area contributed by atoms with Crippen LogP contribution < -0.4 is 5.32 Å². The van der Waals surface area contributed by atoms with Gasteiger partial charge in [-0.2, -0.15) is 0 Å². The highest BCUT2D eigenvalue weighted by molar-refractivity contribution is 5.13. The maximum Gasteiger partial charge on any atom is 0.118 e. The lowest BCUT2D eigenvalue weighted by Crippen LogP contribution is -2.36. The summed E-state index contributed by atoms with van der Waals surface area (Å²) in [4.78, 5) is 2.46. The van der Waals surface area contributed by atoms with Gasteiger partial charge in [0.05, 0.1) is 18.9 Å². The van der Waals surface area contributed by atoms with E-state index in [1.54, 1.807) is 0 Å². The van der Waals surface area contributed by atoms with E-state index in [-0.39, 0.29) is 0 Å². The Kier molecular flexibility index (Phi) is 4.76. The molecule has 0 radical (unpaired) electrons. The van der Waals surface area contributed by atoms with Crippen molar-refractivity contribution in [3.05, 3.63) is 23.7 Å². The van der Waals surface area contributed by atoms with Gasteiger partial charge in [-0.25, -0.2) is 0 Å². The molecule has 0 bridgehead atoms. The molecule has 4 heteroatoms. The molecular formula is C16H26N2O2. The fourth-order valence-corrected chi connectivity index (χ4v) is 2.84. The molecular weight excluding hydrogens is 252 g/mol. The predicted molar refractivity (Wildman–Crippen MR) is 78.5 cm³/mol. The molecule has 2 fully saturated rings. The smallest absolute Gasteiger partial charge is 0.118 e. The molecule has 1 aromatic heterocycles. The van der Waals surface area contributed by atoms with Gasteiger partial charge < -0.3 is 14.5 Å². The zero-order chi connectivity index (χ0) is 13.8. The molecule has 0 aromatic carbocycles. The van der Waals surface area contributed by atoms with Crippen molar-refractivity contribution in [1.82, 2.24) is 10.2 Å². The van der Waals surface area contributed by atoms with Crippen LogP contribution in [0.25, 0.3) is 0 Å². The Morgan fingerprint density at radius 3 is 2.80 bits per heavy atom. The van der Waals surface area contributed by atoms with Crippen molar-refractivity contribution >= 4 is 0 Å². The summed E-state index contributed by atoms with van der Waals surface area (Å²) in [6, 6.07) is 2.95. The summed E-state index contributed by atoms with van der Waals surface area (Å²) in [6.07, 6.45) is 7.32. The summed E-state index contributed by atoms with van der Waals surface area (Å²) < 4.78 is 11.4. The van der Waals surface area contributed by atoms with E-state index in [2.05, 4.69) is 23.2 Å². The molecule has 3 rings (SSSR count). The van der Waals surface area contributed by atoms with Crippen molar-refractivity contribution < 1.29 is 9.15 Å². The van der Waals surface area contributed by atoms with E-state index in [0.29, 0.717) is 6.10 Å². The van der Waals surface area contributed by atoms with E-state index in [0.717, 1.165) is 57.4 Å². The fraction of sp³-hybridized carbons (Fsp3) is 0.750. The average Bonchev–Trinajstić information content (AvgIpc) is 3.19. The normalized spacial score (nSPS) is 21.4. The van der Waals surface area contributed by atoms with Crippen LogP contribution in [0.5, 0.6) is 0 Å². The van der Waals surface area contributed by atoms with Crippen LogP contribution in [0, 0.1) is 0 Å². The predicted octanol–water partition coefficient (Wildman–Crippen LogP) is 2.53. The number of hydrogen-bond acceptors (Lipinski definition) is 4. The first-order valence-electron chi connectivity index (χ1n) is 7.97. The van der Waals surface area contributed by atoms with Crippen LogP contribution in [0.1, 0.15) is 43.9 Å². The van der Waals surface area contributed by atoms with Gasteiger partial charge in [-0.3, -0.25) is 4.90 Å². The summed E-state index contributed by atoms with van der Waals surface area (Å²) in [5, 5.41) is 3.52. The highest BCUT2D eigenvalue weighted by Crippen LogP contribution is 2.20. The summed E-state index contributed by atoms with van der Waals surface area (Å²) in [5.41, 5.74) is 1.27. The van der Waals surface area contributed by atoms with Gasteiger partial charge in [0.1, 0.15) is 5.76 Å². The number of furan rings is 1. The van der Waals surface area contributed by atoms with E-state index < -0.39 is 0 Å². The third kappa shape index (κ3) is 4.08. The zero-order valence-corrected chi connectivity index (χ0v) is 12.4. The number of nitrogens with one attached hydrogen (secondary N) is 1. The van der Waals surface area contributed by atoms with Crippen LogP contribution in [0.15, 0.2) is 16.7 Å². The fourth-order valence-electron chi connectivity index (χ4n) is 2.84. The lowest BCUT2D eigenvalue weighted by molar-refractivity contribution is 0.0112. The number of ether oxygens (including phenoxy) is 1. The van der Waals surface area contributed by atoms with Crippen molar-refractivity contribution in [2.24, 2.45) is 0 Å². The number of rotatable bonds is 7. The second kappa shape index (κ2) is 6.74. The molecule has 1 N–H and O–H groups in total. The van der Waals surface area contributed by atoms with Crippen LogP contribution in [-0.2, 0) is 17.8 Å². The highest BCUT2D eigenvalue weighted by atomic mass is 16.5. The van der Waals surface area contributed by atoms with Crippen LogP contribution in [0.2, 0.25) is 0 Å². The maximum atomic E-state index is 5.69. The SMILES string of the molecule is CCOC1CCN(Cc2cc(CNC3CC3)co2)CC1. The van der Waals surface area contributed by atoms with Crippen LogP contribution in [0.4, 0.5) is 0 Å². The molecule has 0 amide bonds. The Labute approximate surface area is 121 Å². The van der Waals surface area contributed by atoms with Gasteiger partial charge in [-0.15, -0.1) is 0 Å². The largest absolute Gasteiger partial charge is 0.468 e. The van der Waals surface area contributed by atoms with Gasteiger partial charge >= 0.3 is 0 Å². The zero-order valence-electron chi connectivity index (χ0n) is 12.4. The molecule has 112 valence electrons. The third-order valence-corrected chi connectivity index (χ3v) is 4.20. The Bertz CT molecular complexity index is 406. The molecule has 1 saturated heterocycles. The highest BCUT2D eigenvalue weighted by Gasteiger charge is 2.21. The summed E-state index contributed by atoms with van der Waals surface area (Å²) >= 11 is 0. The molecule has 1 aromatic rings. The minimum atomic E-state index is 0.464. The molecule has 4 nitrogen and oxygen atoms in total. The summed E-state index contributed by atoms with van der Waals surface area (Å²) in [7, 11) is 0. The second-order valence-corrected chi connectivity index (χ2v) is 6.01. The monoisotopic (exact) mass is 278 g/mol. The molecule has 2 aliphatic rings. The topological polar surface area (TPSA) is 37.6 Å². The molecule has 1 aliphatic heterocycles. The molecule has 1 saturated carbocycles. The third-order valence-electron chi connectivity index (χ3n) is 4.20. The van der Waals surface area contributed by atoms with Crippen molar-refractivity contribution in [3.8, 4) is 0 Å². The van der Waals surface area contributed by atoms with Crippen LogP contribution in [0.3, 0.4) is 0 Å². The number of likely N-dealkylation sites (tertiary alicyclic amines) is 1. The van der Waals surface area contributed by atoms with E-state index in [4.69, 9.17) is 9.15 Å². The molecule has 0 unspecified atom stereocenters. The van der Waals surface area contributed by atoms with Gasteiger partial charge in [0.25, 0.3) is 0 Å². The van der Waals surface area contributed by atoms with E-state index in [1.807, 2.05) is 6.26 Å². The van der Waals surface area contributed by atoms with E-state index >= 15 is 0 Å². The average molecular weight is 278 g/mol. The first kappa shape index (κ1) is 14.1. The quantitative estimate of drug-likeness (QED) is 0.831. The Morgan fingerprint density at radius 1 is 1.30 bits per heavy atom. The first-order chi connectivity index (χ1) is 9.83. The van der Waals surface area contributed by atoms with E-state index in [9.17, 15) is 0 Å². The Morgan fingerprint density at radius 2 is 2.10 bits per heavy atom. The molecule has 20 heavy (non-hydrogen) atoms. The lowest BCUT2D eigenvalue weighted by atomic mass is 10.1. The first-order valence-corrected chi connectivity index (χ1v) is 7.97. The van der Waals surface area contributed by atoms with Crippen LogP contribution in [-0.4, -0.2) is 36.7 Å². The van der Waals surface area contributed by atoms with Gasteiger partial charge in [-0.05, 0) is 38.7 Å². The number of nitrogens with zero attached hydrogens (tertiary/aromatic N) is 1. The minimum Gasteiger partial charge on any atom is -0.468 e. The Balaban J connectivity index is 1.41. The summed E-state index contributed by atoms with van der Waals surface area (Å²) in [6.45, 7) is 7.01. The second-order valence-electron chi connectivity index (χ2n) is 6.01. The van der Waals surface area contributed by atoms with Gasteiger partial charge in [-0.1, -0.05) is 0 Å². The molecule has 2 heterocycles. The molecule has 0 atom stereocenters. The van der Waals surface area contributed by atoms with Gasteiger partial charge in [0.15, 0.2) is 0 Å². The maximum absolute atomic E-state index is 5.69. The minimum absolute atomic E-state index is 0.464. The molecule has 1 aliphatic carbocycles. The van der Waals surface area contributed by atoms with Gasteiger partial charge in [0.2, 0.25) is 0 Å². The number of piperidine rings is 1. The lowest BCUT2D eigenvalue weighted by Gasteiger charge is -2.30. The van der Waals surface area contributed by atoms with Crippen LogP contribution >= 0.6 is 0 Å². The van der Waals surface area contributed by atoms with Gasteiger partial charge in [0, 0.05) is 37.8 Å². The van der Waals surface area contributed by atoms with Crippen molar-refractivity contribution in [2.45, 2.75) is 57.8 Å². The van der Waals surface area contributed by atoms with E-state index in [1.165, 1.54) is 18.4 Å². The van der Waals surface area contributed by atoms with Crippen molar-refractivity contribution in [3.63, 3.8) is 0 Å². The Hall–Kier alpha value is -0.840. The molecule has 0 spiro atoms.